The minimum atomic E-state index is -0.111. The van der Waals surface area contributed by atoms with Gasteiger partial charge in [0.05, 0.1) is 47.7 Å². The summed E-state index contributed by atoms with van der Waals surface area (Å²) in [6.45, 7) is 1.06. The van der Waals surface area contributed by atoms with Crippen LogP contribution in [-0.4, -0.2) is 48.2 Å². The SMILES string of the molecule is COc1c(Nc2cc(CC(=O)C3CC3)nc3c2C(=O)N(C)C3)cccc1N1CCCC1=O. The Hall–Kier alpha value is -3.42. The van der Waals surface area contributed by atoms with Crippen molar-refractivity contribution in [2.45, 2.75) is 38.6 Å². The van der Waals surface area contributed by atoms with Gasteiger partial charge in [0.1, 0.15) is 5.78 Å². The number of methoxy groups -OCH3 is 1. The third-order valence-corrected chi connectivity index (χ3v) is 6.31. The number of amides is 2. The molecule has 32 heavy (non-hydrogen) atoms. The maximum Gasteiger partial charge on any atom is 0.257 e. The van der Waals surface area contributed by atoms with Gasteiger partial charge in [-0.2, -0.15) is 0 Å². The average molecular weight is 434 g/mol. The normalized spacial score (nSPS) is 17.7. The lowest BCUT2D eigenvalue weighted by Crippen LogP contribution is -2.24. The second kappa shape index (κ2) is 7.93. The van der Waals surface area contributed by atoms with Gasteiger partial charge in [0, 0.05) is 32.4 Å². The smallest absolute Gasteiger partial charge is 0.257 e. The number of aromatic nitrogens is 1. The van der Waals surface area contributed by atoms with Gasteiger partial charge in [-0.15, -0.1) is 0 Å². The highest BCUT2D eigenvalue weighted by Crippen LogP contribution is 2.40. The van der Waals surface area contributed by atoms with E-state index >= 15 is 0 Å². The summed E-state index contributed by atoms with van der Waals surface area (Å²) in [5, 5.41) is 3.35. The van der Waals surface area contributed by atoms with E-state index in [2.05, 4.69) is 10.3 Å². The van der Waals surface area contributed by atoms with Crippen LogP contribution in [0.15, 0.2) is 24.3 Å². The van der Waals surface area contributed by atoms with Crippen molar-refractivity contribution in [2.24, 2.45) is 5.92 Å². The summed E-state index contributed by atoms with van der Waals surface area (Å²) in [5.41, 5.74) is 3.81. The monoisotopic (exact) mass is 434 g/mol. The number of nitrogens with zero attached hydrogens (tertiary/aromatic N) is 3. The molecule has 1 N–H and O–H groups in total. The zero-order valence-corrected chi connectivity index (χ0v) is 18.3. The number of carbonyl (C=O) groups is 3. The van der Waals surface area contributed by atoms with Gasteiger partial charge in [0.2, 0.25) is 5.91 Å². The highest BCUT2D eigenvalue weighted by Gasteiger charge is 2.33. The molecule has 5 rings (SSSR count). The zero-order chi connectivity index (χ0) is 22.4. The highest BCUT2D eigenvalue weighted by molar-refractivity contribution is 6.04. The molecule has 2 amide bonds. The fourth-order valence-electron chi connectivity index (χ4n) is 4.51. The number of Topliss-reactive ketones (excluding diaryl/α,β-unsaturated/α-hetero) is 1. The lowest BCUT2D eigenvalue weighted by molar-refractivity contribution is -0.119. The zero-order valence-electron chi connectivity index (χ0n) is 18.3. The van der Waals surface area contributed by atoms with E-state index in [4.69, 9.17) is 4.74 Å². The third kappa shape index (κ3) is 3.59. The van der Waals surface area contributed by atoms with Crippen LogP contribution in [0.2, 0.25) is 0 Å². The van der Waals surface area contributed by atoms with Gasteiger partial charge in [-0.3, -0.25) is 19.4 Å². The number of anilines is 3. The quantitative estimate of drug-likeness (QED) is 0.720. The van der Waals surface area contributed by atoms with E-state index in [0.717, 1.165) is 19.3 Å². The van der Waals surface area contributed by atoms with Crippen molar-refractivity contribution in [3.05, 3.63) is 41.2 Å². The van der Waals surface area contributed by atoms with Crippen LogP contribution in [0.4, 0.5) is 17.1 Å². The van der Waals surface area contributed by atoms with E-state index in [1.807, 2.05) is 18.2 Å². The molecule has 2 fully saturated rings. The molecular weight excluding hydrogens is 408 g/mol. The van der Waals surface area contributed by atoms with E-state index in [9.17, 15) is 14.4 Å². The predicted octanol–water partition coefficient (Wildman–Crippen LogP) is 3.07. The van der Waals surface area contributed by atoms with Crippen molar-refractivity contribution in [2.75, 3.05) is 30.9 Å². The Morgan fingerprint density at radius 3 is 2.75 bits per heavy atom. The largest absolute Gasteiger partial charge is 0.492 e. The molecule has 0 unspecified atom stereocenters. The summed E-state index contributed by atoms with van der Waals surface area (Å²) in [7, 11) is 3.31. The lowest BCUT2D eigenvalue weighted by atomic mass is 10.1. The first-order chi connectivity index (χ1) is 15.5. The summed E-state index contributed by atoms with van der Waals surface area (Å²) in [4.78, 5) is 45.5. The van der Waals surface area contributed by atoms with Gasteiger partial charge in [-0.05, 0) is 37.5 Å². The maximum absolute atomic E-state index is 12.8. The van der Waals surface area contributed by atoms with Crippen molar-refractivity contribution in [3.8, 4) is 5.75 Å². The second-order valence-electron chi connectivity index (χ2n) is 8.69. The molecule has 166 valence electrons. The first-order valence-electron chi connectivity index (χ1n) is 11.0. The number of hydrogen-bond acceptors (Lipinski definition) is 6. The van der Waals surface area contributed by atoms with Crippen LogP contribution in [0.1, 0.15) is 47.4 Å². The van der Waals surface area contributed by atoms with Crippen LogP contribution in [-0.2, 0) is 22.6 Å². The third-order valence-electron chi connectivity index (χ3n) is 6.31. The summed E-state index contributed by atoms with van der Waals surface area (Å²) in [5.74, 6) is 0.860. The molecule has 8 nitrogen and oxygen atoms in total. The summed E-state index contributed by atoms with van der Waals surface area (Å²) in [6, 6.07) is 7.37. The Balaban J connectivity index is 1.53. The number of carbonyl (C=O) groups excluding carboxylic acids is 3. The summed E-state index contributed by atoms with van der Waals surface area (Å²) < 4.78 is 5.69. The van der Waals surface area contributed by atoms with Crippen LogP contribution in [0.3, 0.4) is 0 Å². The van der Waals surface area contributed by atoms with Crippen LogP contribution >= 0.6 is 0 Å². The molecule has 0 radical (unpaired) electrons. The van der Waals surface area contributed by atoms with E-state index in [-0.39, 0.29) is 29.9 Å². The van der Waals surface area contributed by atoms with Gasteiger partial charge < -0.3 is 19.9 Å². The van der Waals surface area contributed by atoms with Crippen molar-refractivity contribution in [1.29, 1.82) is 0 Å². The van der Waals surface area contributed by atoms with Gasteiger partial charge in [-0.1, -0.05) is 6.07 Å². The molecule has 0 spiro atoms. The molecule has 2 aromatic rings. The number of pyridine rings is 1. The number of nitrogens with one attached hydrogen (secondary N) is 1. The lowest BCUT2D eigenvalue weighted by Gasteiger charge is -2.22. The van der Waals surface area contributed by atoms with E-state index < -0.39 is 0 Å². The number of ketones is 1. The minimum absolute atomic E-state index is 0.0722. The van der Waals surface area contributed by atoms with Gasteiger partial charge in [-0.25, -0.2) is 0 Å². The molecule has 0 bridgehead atoms. The molecule has 1 aromatic carbocycles. The Morgan fingerprint density at radius 1 is 1.25 bits per heavy atom. The molecule has 1 saturated carbocycles. The molecule has 3 aliphatic rings. The minimum Gasteiger partial charge on any atom is -0.492 e. The van der Waals surface area contributed by atoms with Crippen LogP contribution in [0.25, 0.3) is 0 Å². The molecule has 1 aromatic heterocycles. The first-order valence-corrected chi connectivity index (χ1v) is 11.0. The van der Waals surface area contributed by atoms with Crippen LogP contribution in [0.5, 0.6) is 5.75 Å². The number of rotatable bonds is 7. The molecule has 1 aliphatic carbocycles. The maximum atomic E-state index is 12.8. The summed E-state index contributed by atoms with van der Waals surface area (Å²) >= 11 is 0. The predicted molar refractivity (Wildman–Crippen MR) is 119 cm³/mol. The van der Waals surface area contributed by atoms with E-state index in [1.165, 1.54) is 0 Å². The van der Waals surface area contributed by atoms with Crippen LogP contribution in [0, 0.1) is 5.92 Å². The molecular formula is C24H26N4O4. The van der Waals surface area contributed by atoms with Crippen molar-refractivity contribution in [1.82, 2.24) is 9.88 Å². The van der Waals surface area contributed by atoms with Crippen LogP contribution < -0.4 is 15.0 Å². The molecule has 1 saturated heterocycles. The highest BCUT2D eigenvalue weighted by atomic mass is 16.5. The van der Waals surface area contributed by atoms with E-state index in [1.54, 1.807) is 30.0 Å². The van der Waals surface area contributed by atoms with Gasteiger partial charge >= 0.3 is 0 Å². The fraction of sp³-hybridized carbons (Fsp3) is 0.417. The Bertz CT molecular complexity index is 1130. The van der Waals surface area contributed by atoms with Crippen molar-refractivity contribution >= 4 is 34.7 Å². The summed E-state index contributed by atoms with van der Waals surface area (Å²) in [6.07, 6.45) is 3.52. The number of fused-ring (bicyclic) bond motifs is 1. The molecule has 3 heterocycles. The number of para-hydroxylation sites is 1. The van der Waals surface area contributed by atoms with Crippen molar-refractivity contribution in [3.63, 3.8) is 0 Å². The van der Waals surface area contributed by atoms with Gasteiger partial charge in [0.15, 0.2) is 5.75 Å². The van der Waals surface area contributed by atoms with Gasteiger partial charge in [0.25, 0.3) is 5.91 Å². The molecule has 8 heteroatoms. The Labute approximate surface area is 186 Å². The standard InChI is InChI=1S/C24H26N4O4/c1-27-13-18-22(24(27)31)17(11-15(25-18)12-20(29)14-8-9-14)26-16-5-3-6-19(23(16)32-2)28-10-4-7-21(28)30/h3,5-6,11,14H,4,7-10,12-13H2,1-2H3,(H,25,26). The Morgan fingerprint density at radius 2 is 2.06 bits per heavy atom. The number of ether oxygens (including phenoxy) is 1. The first kappa shape index (κ1) is 20.5. The topological polar surface area (TPSA) is 91.8 Å². The number of benzene rings is 1. The second-order valence-corrected chi connectivity index (χ2v) is 8.69. The fourth-order valence-corrected chi connectivity index (χ4v) is 4.51. The van der Waals surface area contributed by atoms with Crippen molar-refractivity contribution < 1.29 is 19.1 Å². The average Bonchev–Trinajstić information content (AvgIpc) is 3.48. The molecule has 2 aliphatic heterocycles. The van der Waals surface area contributed by atoms with E-state index in [0.29, 0.717) is 59.3 Å². The number of hydrogen-bond donors (Lipinski definition) is 1. The molecule has 0 atom stereocenters. The Kier molecular flexibility index (Phi) is 5.07.